The molecule has 1 atom stereocenters. The number of pyridine rings is 1. The topological polar surface area (TPSA) is 57.6 Å². The molecule has 0 saturated carbocycles. The fraction of sp³-hybridized carbons (Fsp3) is 0.318. The molecule has 0 spiro atoms. The van der Waals surface area contributed by atoms with Gasteiger partial charge < -0.3 is 15.2 Å². The van der Waals surface area contributed by atoms with Crippen molar-refractivity contribution in [3.8, 4) is 5.75 Å². The van der Waals surface area contributed by atoms with Gasteiger partial charge in [0.25, 0.3) is 0 Å². The molecule has 0 aliphatic carbocycles. The van der Waals surface area contributed by atoms with E-state index in [1.807, 2.05) is 24.5 Å². The molecule has 1 aliphatic rings. The fourth-order valence-corrected chi connectivity index (χ4v) is 3.72. The Kier molecular flexibility index (Phi) is 5.51. The van der Waals surface area contributed by atoms with Gasteiger partial charge in [0.15, 0.2) is 0 Å². The van der Waals surface area contributed by atoms with Gasteiger partial charge in [-0.2, -0.15) is 0 Å². The van der Waals surface area contributed by atoms with Gasteiger partial charge >= 0.3 is 0 Å². The van der Waals surface area contributed by atoms with Gasteiger partial charge in [-0.15, -0.1) is 0 Å². The van der Waals surface area contributed by atoms with Crippen LogP contribution in [0.1, 0.15) is 12.0 Å². The highest BCUT2D eigenvalue weighted by atomic mass is 16.5. The maximum absolute atomic E-state index is 8.90. The van der Waals surface area contributed by atoms with E-state index >= 15 is 0 Å². The molecule has 2 N–H and O–H groups in total. The van der Waals surface area contributed by atoms with Crippen molar-refractivity contribution in [1.29, 1.82) is 0 Å². The molecule has 1 aromatic heterocycles. The summed E-state index contributed by atoms with van der Waals surface area (Å²) in [5.74, 6) is 0.819. The van der Waals surface area contributed by atoms with E-state index in [2.05, 4.69) is 51.6 Å². The molecule has 5 heteroatoms. The zero-order chi connectivity index (χ0) is 18.5. The second kappa shape index (κ2) is 8.37. The number of aliphatic hydroxyl groups excluding tert-OH is 1. The van der Waals surface area contributed by atoms with E-state index in [-0.39, 0.29) is 6.61 Å². The summed E-state index contributed by atoms with van der Waals surface area (Å²) in [6.45, 7) is 3.37. The van der Waals surface area contributed by atoms with Crippen molar-refractivity contribution in [3.63, 3.8) is 0 Å². The van der Waals surface area contributed by atoms with Crippen LogP contribution >= 0.6 is 0 Å². The van der Waals surface area contributed by atoms with Crippen molar-refractivity contribution in [3.05, 3.63) is 66.5 Å². The van der Waals surface area contributed by atoms with Gasteiger partial charge in [0.05, 0.1) is 6.61 Å². The zero-order valence-corrected chi connectivity index (χ0v) is 15.3. The Bertz CT molecular complexity index is 894. The summed E-state index contributed by atoms with van der Waals surface area (Å²) in [7, 11) is 0. The number of hydrogen-bond acceptors (Lipinski definition) is 5. The van der Waals surface area contributed by atoms with Crippen LogP contribution in [0.4, 0.5) is 5.69 Å². The molecule has 140 valence electrons. The first-order valence-electron chi connectivity index (χ1n) is 9.46. The van der Waals surface area contributed by atoms with Crippen molar-refractivity contribution in [2.24, 2.45) is 0 Å². The average molecular weight is 363 g/mol. The van der Waals surface area contributed by atoms with Crippen LogP contribution in [0.25, 0.3) is 10.8 Å². The van der Waals surface area contributed by atoms with E-state index < -0.39 is 0 Å². The van der Waals surface area contributed by atoms with Gasteiger partial charge in [-0.1, -0.05) is 24.3 Å². The van der Waals surface area contributed by atoms with E-state index in [4.69, 9.17) is 9.84 Å². The monoisotopic (exact) mass is 363 g/mol. The number of ether oxygens (including phenoxy) is 1. The first-order valence-corrected chi connectivity index (χ1v) is 9.46. The number of aliphatic hydroxyl groups is 1. The summed E-state index contributed by atoms with van der Waals surface area (Å²) < 4.78 is 5.52. The predicted molar refractivity (Wildman–Crippen MR) is 108 cm³/mol. The number of likely N-dealkylation sites (tertiary alicyclic amines) is 1. The van der Waals surface area contributed by atoms with E-state index in [0.717, 1.165) is 37.2 Å². The Morgan fingerprint density at radius 3 is 3.04 bits per heavy atom. The molecule has 2 heterocycles. The summed E-state index contributed by atoms with van der Waals surface area (Å²) >= 11 is 0. The minimum Gasteiger partial charge on any atom is -0.491 e. The van der Waals surface area contributed by atoms with Crippen LogP contribution in [0.3, 0.4) is 0 Å². The molecule has 0 unspecified atom stereocenters. The second-order valence-electron chi connectivity index (χ2n) is 6.99. The molecule has 5 nitrogen and oxygen atoms in total. The van der Waals surface area contributed by atoms with Crippen LogP contribution in [0, 0.1) is 0 Å². The molecule has 3 aromatic rings. The maximum Gasteiger partial charge on any atom is 0.119 e. The Balaban J connectivity index is 1.37. The molecule has 0 radical (unpaired) electrons. The van der Waals surface area contributed by atoms with E-state index in [0.29, 0.717) is 12.6 Å². The Labute approximate surface area is 159 Å². The quantitative estimate of drug-likeness (QED) is 0.675. The third-order valence-corrected chi connectivity index (χ3v) is 4.98. The van der Waals surface area contributed by atoms with Crippen molar-refractivity contribution in [2.75, 3.05) is 31.6 Å². The van der Waals surface area contributed by atoms with E-state index in [9.17, 15) is 0 Å². The molecule has 1 aliphatic heterocycles. The molecular weight excluding hydrogens is 338 g/mol. The normalized spacial score (nSPS) is 17.3. The Morgan fingerprint density at radius 2 is 2.11 bits per heavy atom. The zero-order valence-electron chi connectivity index (χ0n) is 15.3. The van der Waals surface area contributed by atoms with Crippen LogP contribution in [-0.4, -0.2) is 47.3 Å². The number of fused-ring (bicyclic) bond motifs is 1. The molecule has 4 rings (SSSR count). The number of rotatable bonds is 7. The summed E-state index contributed by atoms with van der Waals surface area (Å²) in [5, 5.41) is 15.0. The van der Waals surface area contributed by atoms with Crippen LogP contribution in [0.5, 0.6) is 5.75 Å². The molecule has 0 amide bonds. The third kappa shape index (κ3) is 4.38. The van der Waals surface area contributed by atoms with Gasteiger partial charge in [-0.05, 0) is 36.2 Å². The van der Waals surface area contributed by atoms with Crippen molar-refractivity contribution in [1.82, 2.24) is 9.88 Å². The molecule has 2 aromatic carbocycles. The Morgan fingerprint density at radius 1 is 1.19 bits per heavy atom. The van der Waals surface area contributed by atoms with Gasteiger partial charge in [-0.25, -0.2) is 0 Å². The maximum atomic E-state index is 8.90. The lowest BCUT2D eigenvalue weighted by Crippen LogP contribution is -2.26. The second-order valence-corrected chi connectivity index (χ2v) is 6.99. The Hall–Kier alpha value is -2.63. The number of anilines is 1. The number of hydrogen-bond donors (Lipinski definition) is 2. The van der Waals surface area contributed by atoms with E-state index in [1.54, 1.807) is 0 Å². The molecular formula is C22H25N3O2. The van der Waals surface area contributed by atoms with Crippen LogP contribution in [0.15, 0.2) is 60.9 Å². The summed E-state index contributed by atoms with van der Waals surface area (Å²) in [4.78, 5) is 6.68. The lowest BCUT2D eigenvalue weighted by atomic mass is 10.1. The standard InChI is InChI=1S/C22H25N3O2/c26-11-12-27-20-5-1-3-17(13-20)15-25-10-8-19(16-25)24-22-6-2-4-18-14-23-9-7-21(18)22/h1-7,9,13-14,19,24,26H,8,10-12,15-16H2/t19-/m1/s1. The minimum atomic E-state index is 0.0356. The SMILES string of the molecule is OCCOc1cccc(CN2CC[C@@H](Nc3cccc4cnccc34)C2)c1. The average Bonchev–Trinajstić information content (AvgIpc) is 3.14. The summed E-state index contributed by atoms with van der Waals surface area (Å²) in [5.41, 5.74) is 2.42. The third-order valence-electron chi connectivity index (χ3n) is 4.98. The smallest absolute Gasteiger partial charge is 0.119 e. The first kappa shape index (κ1) is 17.8. The lowest BCUT2D eigenvalue weighted by molar-refractivity contribution is 0.201. The van der Waals surface area contributed by atoms with Crippen LogP contribution in [-0.2, 0) is 6.54 Å². The highest BCUT2D eigenvalue weighted by molar-refractivity contribution is 5.93. The minimum absolute atomic E-state index is 0.0356. The van der Waals surface area contributed by atoms with Gasteiger partial charge in [0.2, 0.25) is 0 Å². The largest absolute Gasteiger partial charge is 0.491 e. The summed E-state index contributed by atoms with van der Waals surface area (Å²) in [6, 6.07) is 17.0. The fourth-order valence-electron chi connectivity index (χ4n) is 3.72. The molecule has 27 heavy (non-hydrogen) atoms. The lowest BCUT2D eigenvalue weighted by Gasteiger charge is -2.18. The van der Waals surface area contributed by atoms with Crippen molar-refractivity contribution in [2.45, 2.75) is 19.0 Å². The number of benzene rings is 2. The summed E-state index contributed by atoms with van der Waals surface area (Å²) in [6.07, 6.45) is 4.88. The number of aromatic nitrogens is 1. The predicted octanol–water partition coefficient (Wildman–Crippen LogP) is 3.29. The van der Waals surface area contributed by atoms with Gasteiger partial charge in [0.1, 0.15) is 12.4 Å². The molecule has 1 saturated heterocycles. The number of nitrogens with one attached hydrogen (secondary N) is 1. The van der Waals surface area contributed by atoms with E-state index in [1.165, 1.54) is 16.6 Å². The number of nitrogens with zero attached hydrogens (tertiary/aromatic N) is 2. The highest BCUT2D eigenvalue weighted by Crippen LogP contribution is 2.25. The highest BCUT2D eigenvalue weighted by Gasteiger charge is 2.22. The van der Waals surface area contributed by atoms with Gasteiger partial charge in [-0.3, -0.25) is 9.88 Å². The van der Waals surface area contributed by atoms with Crippen molar-refractivity contribution >= 4 is 16.5 Å². The van der Waals surface area contributed by atoms with Crippen molar-refractivity contribution < 1.29 is 9.84 Å². The van der Waals surface area contributed by atoms with Crippen LogP contribution < -0.4 is 10.1 Å². The van der Waals surface area contributed by atoms with Gasteiger partial charge in [0, 0.05) is 54.5 Å². The first-order chi connectivity index (χ1) is 13.3. The molecule has 1 fully saturated rings. The van der Waals surface area contributed by atoms with Crippen LogP contribution in [0.2, 0.25) is 0 Å². The molecule has 0 bridgehead atoms.